The second-order valence-electron chi connectivity index (χ2n) is 11.9. The quantitative estimate of drug-likeness (QED) is 0.154. The Balaban J connectivity index is 0.00000201. The Bertz CT molecular complexity index is 1690. The molecule has 3 aromatic rings. The second-order valence-corrected chi connectivity index (χ2v) is 11.9. The van der Waals surface area contributed by atoms with E-state index < -0.39 is 5.91 Å². The Labute approximate surface area is 284 Å². The fraction of sp³-hybridized carbons (Fsp3) is 0.351. The Kier molecular flexibility index (Phi) is 13.6. The van der Waals surface area contributed by atoms with Crippen molar-refractivity contribution in [2.24, 2.45) is 5.92 Å². The van der Waals surface area contributed by atoms with Gasteiger partial charge in [0.25, 0.3) is 5.91 Å². The average Bonchev–Trinajstić information content (AvgIpc) is 3.91. The maximum atomic E-state index is 13.1. The second kappa shape index (κ2) is 17.6. The molecule has 1 aliphatic rings. The molecule has 0 spiro atoms. The summed E-state index contributed by atoms with van der Waals surface area (Å²) in [6, 6.07) is 11.2. The molecule has 11 heteroatoms. The van der Waals surface area contributed by atoms with Crippen molar-refractivity contribution in [3.8, 4) is 0 Å². The van der Waals surface area contributed by atoms with Crippen molar-refractivity contribution in [2.45, 2.75) is 53.5 Å². The molecule has 3 amide bonds. The van der Waals surface area contributed by atoms with E-state index in [0.717, 1.165) is 40.9 Å². The first-order chi connectivity index (χ1) is 22.9. The van der Waals surface area contributed by atoms with Crippen LogP contribution in [0.5, 0.6) is 0 Å². The molecule has 0 radical (unpaired) electrons. The molecule has 48 heavy (non-hydrogen) atoms. The van der Waals surface area contributed by atoms with E-state index >= 15 is 0 Å². The van der Waals surface area contributed by atoms with Gasteiger partial charge >= 0.3 is 0 Å². The normalized spacial score (nSPS) is 12.7. The molecule has 0 saturated heterocycles. The number of pyridine rings is 1. The van der Waals surface area contributed by atoms with E-state index in [4.69, 9.17) is 0 Å². The van der Waals surface area contributed by atoms with E-state index in [1.165, 1.54) is 13.5 Å². The molecule has 0 bridgehead atoms. The molecule has 2 aromatic heterocycles. The van der Waals surface area contributed by atoms with Gasteiger partial charge in [-0.2, -0.15) is 0 Å². The number of allylic oxidation sites excluding steroid dienone is 4. The number of anilines is 4. The van der Waals surface area contributed by atoms with Gasteiger partial charge in [-0.1, -0.05) is 57.2 Å². The molecule has 0 atom stereocenters. The van der Waals surface area contributed by atoms with Gasteiger partial charge in [-0.25, -0.2) is 0 Å². The maximum absolute atomic E-state index is 13.1. The number of aromatic nitrogens is 3. The SMILES string of the molecule is C=C/C(=C\C=C(/C)C(=O)N(C)Cc1cc(C)ccn1)c1cccc(Nc2cc(NC(=O)C3CC3)nnc2C(=O)NC)c1N(C)C.CCC. The van der Waals surface area contributed by atoms with Crippen LogP contribution in [0.1, 0.15) is 67.3 Å². The van der Waals surface area contributed by atoms with Gasteiger partial charge in [-0.15, -0.1) is 10.2 Å². The van der Waals surface area contributed by atoms with Crippen LogP contribution in [0.25, 0.3) is 5.57 Å². The number of hydrogen-bond acceptors (Lipinski definition) is 8. The first kappa shape index (κ1) is 37.1. The summed E-state index contributed by atoms with van der Waals surface area (Å²) in [4.78, 5) is 46.1. The highest BCUT2D eigenvalue weighted by Crippen LogP contribution is 2.37. The third kappa shape index (κ3) is 10.1. The van der Waals surface area contributed by atoms with E-state index in [1.54, 1.807) is 43.3 Å². The number of nitrogens with one attached hydrogen (secondary N) is 3. The van der Waals surface area contributed by atoms with Crippen molar-refractivity contribution in [1.82, 2.24) is 25.4 Å². The van der Waals surface area contributed by atoms with Crippen LogP contribution < -0.4 is 20.9 Å². The average molecular weight is 653 g/mol. The van der Waals surface area contributed by atoms with Gasteiger partial charge in [0.05, 0.1) is 29.3 Å². The summed E-state index contributed by atoms with van der Waals surface area (Å²) in [5.41, 5.74) is 6.06. The van der Waals surface area contributed by atoms with Crippen molar-refractivity contribution in [3.63, 3.8) is 0 Å². The molecule has 1 fully saturated rings. The van der Waals surface area contributed by atoms with Gasteiger partial charge < -0.3 is 25.8 Å². The number of para-hydroxylation sites is 1. The van der Waals surface area contributed by atoms with Gasteiger partial charge in [-0.3, -0.25) is 19.4 Å². The number of hydrogen-bond donors (Lipinski definition) is 3. The molecule has 1 aliphatic carbocycles. The van der Waals surface area contributed by atoms with Crippen LogP contribution in [0.15, 0.2) is 73.0 Å². The lowest BCUT2D eigenvalue weighted by atomic mass is 10.0. The molecular formula is C37H48N8O3. The lowest BCUT2D eigenvalue weighted by Gasteiger charge is -2.23. The Hall–Kier alpha value is -5.32. The number of amides is 3. The molecule has 0 unspecified atom stereocenters. The van der Waals surface area contributed by atoms with Crippen LogP contribution in [0.2, 0.25) is 0 Å². The molecule has 2 heterocycles. The largest absolute Gasteiger partial charge is 0.375 e. The first-order valence-electron chi connectivity index (χ1n) is 16.1. The highest BCUT2D eigenvalue weighted by Gasteiger charge is 2.30. The minimum absolute atomic E-state index is 0.0125. The number of benzene rings is 1. The standard InChI is InChI=1S/C34H40N8O3.C3H8/c1-8-23(13-12-22(3)34(45)42(7)20-25-18-21(2)16-17-36-25)26-10-9-11-27(31(26)41(5)6)37-28-19-29(38-32(43)24-14-15-24)39-40-30(28)33(44)35-4;1-3-2/h8-13,16-19,24H,1,14-15,20H2,2-7H3,(H,35,44)(H2,37,38,39,43);3H2,1-2H3/b22-12+,23-13+;. The highest BCUT2D eigenvalue weighted by atomic mass is 16.2. The summed E-state index contributed by atoms with van der Waals surface area (Å²) < 4.78 is 0. The van der Waals surface area contributed by atoms with Gasteiger partial charge in [0, 0.05) is 57.5 Å². The predicted molar refractivity (Wildman–Crippen MR) is 194 cm³/mol. The summed E-state index contributed by atoms with van der Waals surface area (Å²) in [5.74, 6) is -0.406. The molecule has 4 rings (SSSR count). The molecule has 0 aliphatic heterocycles. The van der Waals surface area contributed by atoms with Crippen LogP contribution in [-0.2, 0) is 16.1 Å². The van der Waals surface area contributed by atoms with Crippen molar-refractivity contribution in [3.05, 3.63) is 95.5 Å². The van der Waals surface area contributed by atoms with Crippen molar-refractivity contribution in [1.29, 1.82) is 0 Å². The molecule has 1 saturated carbocycles. The van der Waals surface area contributed by atoms with Gasteiger partial charge in [0.15, 0.2) is 11.5 Å². The maximum Gasteiger partial charge on any atom is 0.273 e. The lowest BCUT2D eigenvalue weighted by molar-refractivity contribution is -0.126. The van der Waals surface area contributed by atoms with Crippen molar-refractivity contribution in [2.75, 3.05) is 43.7 Å². The predicted octanol–water partition coefficient (Wildman–Crippen LogP) is 6.29. The number of likely N-dealkylation sites (N-methyl/N-ethyl adjacent to an activating group) is 1. The molecule has 3 N–H and O–H groups in total. The van der Waals surface area contributed by atoms with E-state index in [-0.39, 0.29) is 29.2 Å². The molecule has 1 aromatic carbocycles. The van der Waals surface area contributed by atoms with Gasteiger partial charge in [0.1, 0.15) is 0 Å². The Morgan fingerprint density at radius 2 is 1.73 bits per heavy atom. The number of aryl methyl sites for hydroxylation is 1. The lowest BCUT2D eigenvalue weighted by Crippen LogP contribution is -2.27. The monoisotopic (exact) mass is 652 g/mol. The summed E-state index contributed by atoms with van der Waals surface area (Å²) in [5, 5.41) is 16.9. The van der Waals surface area contributed by atoms with Crippen LogP contribution in [0, 0.1) is 12.8 Å². The van der Waals surface area contributed by atoms with E-state index in [9.17, 15) is 14.4 Å². The third-order valence-corrected chi connectivity index (χ3v) is 7.29. The zero-order valence-electron chi connectivity index (χ0n) is 29.3. The number of carbonyl (C=O) groups is 3. The Morgan fingerprint density at radius 3 is 2.33 bits per heavy atom. The summed E-state index contributed by atoms with van der Waals surface area (Å²) in [6.07, 6.45) is 10.1. The van der Waals surface area contributed by atoms with Gasteiger partial charge in [0.2, 0.25) is 11.8 Å². The van der Waals surface area contributed by atoms with E-state index in [2.05, 4.69) is 51.6 Å². The summed E-state index contributed by atoms with van der Waals surface area (Å²) in [7, 11) is 7.09. The molecular weight excluding hydrogens is 604 g/mol. The smallest absolute Gasteiger partial charge is 0.273 e. The van der Waals surface area contributed by atoms with Crippen LogP contribution in [0.4, 0.5) is 22.9 Å². The molecule has 254 valence electrons. The number of nitrogens with zero attached hydrogens (tertiary/aromatic N) is 5. The number of carbonyl (C=O) groups excluding carboxylic acids is 3. The van der Waals surface area contributed by atoms with Crippen molar-refractivity contribution >= 4 is 46.2 Å². The summed E-state index contributed by atoms with van der Waals surface area (Å²) in [6.45, 7) is 12.5. The van der Waals surface area contributed by atoms with E-state index in [0.29, 0.717) is 23.5 Å². The third-order valence-electron chi connectivity index (χ3n) is 7.29. The first-order valence-corrected chi connectivity index (χ1v) is 16.1. The fourth-order valence-electron chi connectivity index (χ4n) is 4.77. The van der Waals surface area contributed by atoms with E-state index in [1.807, 2.05) is 62.3 Å². The minimum atomic E-state index is -0.423. The van der Waals surface area contributed by atoms with Crippen LogP contribution in [0.3, 0.4) is 0 Å². The zero-order chi connectivity index (χ0) is 35.4. The van der Waals surface area contributed by atoms with Crippen LogP contribution in [-0.4, -0.2) is 66.0 Å². The molecule has 11 nitrogen and oxygen atoms in total. The fourth-order valence-corrected chi connectivity index (χ4v) is 4.77. The number of rotatable bonds is 12. The summed E-state index contributed by atoms with van der Waals surface area (Å²) >= 11 is 0. The minimum Gasteiger partial charge on any atom is -0.375 e. The van der Waals surface area contributed by atoms with Crippen LogP contribution >= 0.6 is 0 Å². The van der Waals surface area contributed by atoms with Crippen molar-refractivity contribution < 1.29 is 14.4 Å². The zero-order valence-corrected chi connectivity index (χ0v) is 29.3. The van der Waals surface area contributed by atoms with Gasteiger partial charge in [-0.05, 0) is 56.0 Å². The Morgan fingerprint density at radius 1 is 1.02 bits per heavy atom. The highest BCUT2D eigenvalue weighted by molar-refractivity contribution is 6.01. The topological polar surface area (TPSA) is 132 Å².